The minimum Gasteiger partial charge on any atom is -0.497 e. The summed E-state index contributed by atoms with van der Waals surface area (Å²) in [7, 11) is 1.67. The van der Waals surface area contributed by atoms with Crippen LogP contribution in [-0.2, 0) is 4.79 Å². The van der Waals surface area contributed by atoms with Crippen molar-refractivity contribution in [3.63, 3.8) is 0 Å². The maximum Gasteiger partial charge on any atom is 0.226 e. The highest BCUT2D eigenvalue weighted by Crippen LogP contribution is 2.34. The van der Waals surface area contributed by atoms with E-state index in [1.165, 1.54) is 12.8 Å². The van der Waals surface area contributed by atoms with Crippen LogP contribution in [-0.4, -0.2) is 37.6 Å². The van der Waals surface area contributed by atoms with Gasteiger partial charge in [0, 0.05) is 19.6 Å². The smallest absolute Gasteiger partial charge is 0.226 e. The molecular formula is C17H23N3O2S. The number of ether oxygens (including phenoxy) is 1. The fraction of sp³-hybridized carbons (Fsp3) is 0.529. The van der Waals surface area contributed by atoms with Crippen LogP contribution >= 0.6 is 11.3 Å². The van der Waals surface area contributed by atoms with Crippen molar-refractivity contribution < 1.29 is 9.53 Å². The molecule has 1 aromatic carbocycles. The van der Waals surface area contributed by atoms with Crippen LogP contribution in [0.5, 0.6) is 5.75 Å². The van der Waals surface area contributed by atoms with Crippen molar-refractivity contribution in [1.82, 2.24) is 10.3 Å². The Balaban J connectivity index is 1.53. The Hall–Kier alpha value is -1.82. The molecule has 2 heterocycles. The Morgan fingerprint density at radius 1 is 1.43 bits per heavy atom. The van der Waals surface area contributed by atoms with Crippen LogP contribution in [0.1, 0.15) is 26.2 Å². The molecule has 0 bridgehead atoms. The van der Waals surface area contributed by atoms with E-state index in [4.69, 9.17) is 4.74 Å². The predicted octanol–water partition coefficient (Wildman–Crippen LogP) is 3.05. The summed E-state index contributed by atoms with van der Waals surface area (Å²) in [6.07, 6.45) is 3.42. The molecule has 23 heavy (non-hydrogen) atoms. The number of rotatable bonds is 7. The van der Waals surface area contributed by atoms with Crippen LogP contribution in [0.2, 0.25) is 0 Å². The zero-order valence-corrected chi connectivity index (χ0v) is 14.5. The molecule has 1 amide bonds. The molecule has 0 saturated carbocycles. The highest BCUT2D eigenvalue weighted by atomic mass is 32.1. The minimum atomic E-state index is 0.0955. The van der Waals surface area contributed by atoms with Crippen molar-refractivity contribution in [1.29, 1.82) is 0 Å². The first kappa shape index (κ1) is 16.1. The van der Waals surface area contributed by atoms with E-state index >= 15 is 0 Å². The van der Waals surface area contributed by atoms with Crippen molar-refractivity contribution in [2.45, 2.75) is 26.2 Å². The maximum atomic E-state index is 12.0. The molecular weight excluding hydrogens is 310 g/mol. The number of aromatic nitrogens is 1. The number of hydrogen-bond acceptors (Lipinski definition) is 5. The highest BCUT2D eigenvalue weighted by molar-refractivity contribution is 7.22. The number of anilines is 1. The number of unbranched alkanes of at least 4 members (excludes halogenated alkanes) is 2. The number of fused-ring (bicyclic) bond motifs is 1. The van der Waals surface area contributed by atoms with Crippen molar-refractivity contribution in [3.05, 3.63) is 18.2 Å². The minimum absolute atomic E-state index is 0.0955. The third-order valence-corrected chi connectivity index (χ3v) is 5.27. The lowest BCUT2D eigenvalue weighted by molar-refractivity contribution is -0.125. The lowest BCUT2D eigenvalue weighted by atomic mass is 10.00. The summed E-state index contributed by atoms with van der Waals surface area (Å²) in [5, 5.41) is 4.02. The molecule has 1 aromatic heterocycles. The maximum absolute atomic E-state index is 12.0. The molecule has 1 aliphatic heterocycles. The Bertz CT molecular complexity index is 680. The van der Waals surface area contributed by atoms with E-state index in [1.54, 1.807) is 18.4 Å². The van der Waals surface area contributed by atoms with Gasteiger partial charge in [-0.25, -0.2) is 4.98 Å². The molecule has 0 unspecified atom stereocenters. The summed E-state index contributed by atoms with van der Waals surface area (Å²) >= 11 is 1.65. The summed E-state index contributed by atoms with van der Waals surface area (Å²) in [5.41, 5.74) is 0.985. The van der Waals surface area contributed by atoms with Crippen LogP contribution < -0.4 is 15.0 Å². The van der Waals surface area contributed by atoms with E-state index in [0.29, 0.717) is 0 Å². The van der Waals surface area contributed by atoms with Gasteiger partial charge in [-0.3, -0.25) is 4.79 Å². The SMILES string of the molecule is CCCCCNC(=O)C1CN(c2nc3ccc(OC)cc3s2)C1. The van der Waals surface area contributed by atoms with Crippen molar-refractivity contribution in [2.24, 2.45) is 5.92 Å². The van der Waals surface area contributed by atoms with Crippen LogP contribution in [0.3, 0.4) is 0 Å². The molecule has 0 aliphatic carbocycles. The largest absolute Gasteiger partial charge is 0.497 e. The van der Waals surface area contributed by atoms with Gasteiger partial charge in [-0.15, -0.1) is 0 Å². The summed E-state index contributed by atoms with van der Waals surface area (Å²) < 4.78 is 6.37. The number of nitrogens with zero attached hydrogens (tertiary/aromatic N) is 2. The van der Waals surface area contributed by atoms with E-state index in [1.807, 2.05) is 18.2 Å². The average molecular weight is 333 g/mol. The Labute approximate surface area is 140 Å². The first-order chi connectivity index (χ1) is 11.2. The molecule has 0 atom stereocenters. The van der Waals surface area contributed by atoms with Gasteiger partial charge in [0.25, 0.3) is 0 Å². The molecule has 124 valence electrons. The normalized spacial score (nSPS) is 14.8. The Kier molecular flexibility index (Phi) is 5.00. The standard InChI is InChI=1S/C17H23N3O2S/c1-3-4-5-8-18-16(21)12-10-20(11-12)17-19-14-7-6-13(22-2)9-15(14)23-17/h6-7,9,12H,3-5,8,10-11H2,1-2H3,(H,18,21). The lowest BCUT2D eigenvalue weighted by Gasteiger charge is -2.37. The average Bonchev–Trinajstić information content (AvgIpc) is 2.92. The summed E-state index contributed by atoms with van der Waals surface area (Å²) in [4.78, 5) is 18.9. The number of hydrogen-bond donors (Lipinski definition) is 1. The summed E-state index contributed by atoms with van der Waals surface area (Å²) in [6, 6.07) is 5.91. The van der Waals surface area contributed by atoms with Gasteiger partial charge in [0.05, 0.1) is 23.2 Å². The quantitative estimate of drug-likeness (QED) is 0.791. The van der Waals surface area contributed by atoms with Gasteiger partial charge in [0.1, 0.15) is 5.75 Å². The first-order valence-electron chi connectivity index (χ1n) is 8.18. The molecule has 0 spiro atoms. The van der Waals surface area contributed by atoms with Gasteiger partial charge >= 0.3 is 0 Å². The van der Waals surface area contributed by atoms with Gasteiger partial charge < -0.3 is 15.0 Å². The van der Waals surface area contributed by atoms with Gasteiger partial charge in [-0.2, -0.15) is 0 Å². The molecule has 3 rings (SSSR count). The molecule has 6 heteroatoms. The third-order valence-electron chi connectivity index (χ3n) is 4.19. The van der Waals surface area contributed by atoms with Crippen LogP contribution in [0.25, 0.3) is 10.2 Å². The molecule has 1 aliphatic rings. The number of amides is 1. The second-order valence-electron chi connectivity index (χ2n) is 5.93. The molecule has 1 saturated heterocycles. The number of carbonyl (C=O) groups excluding carboxylic acids is 1. The van der Waals surface area contributed by atoms with E-state index in [-0.39, 0.29) is 11.8 Å². The van der Waals surface area contributed by atoms with Crippen LogP contribution in [0.15, 0.2) is 18.2 Å². The van der Waals surface area contributed by atoms with Gasteiger partial charge in [0.2, 0.25) is 5.91 Å². The van der Waals surface area contributed by atoms with E-state index in [2.05, 4.69) is 22.1 Å². The number of benzene rings is 1. The monoisotopic (exact) mass is 333 g/mol. The van der Waals surface area contributed by atoms with Crippen molar-refractivity contribution in [2.75, 3.05) is 31.6 Å². The van der Waals surface area contributed by atoms with E-state index in [0.717, 1.165) is 47.2 Å². The zero-order valence-electron chi connectivity index (χ0n) is 13.7. The third kappa shape index (κ3) is 3.58. The predicted molar refractivity (Wildman–Crippen MR) is 94.4 cm³/mol. The first-order valence-corrected chi connectivity index (χ1v) is 9.00. The molecule has 5 nitrogen and oxygen atoms in total. The zero-order chi connectivity index (χ0) is 16.2. The second kappa shape index (κ2) is 7.17. The van der Waals surface area contributed by atoms with Crippen molar-refractivity contribution >= 4 is 32.6 Å². The molecule has 0 radical (unpaired) electrons. The Morgan fingerprint density at radius 2 is 2.26 bits per heavy atom. The topological polar surface area (TPSA) is 54.5 Å². The summed E-state index contributed by atoms with van der Waals surface area (Å²) in [6.45, 7) is 4.48. The second-order valence-corrected chi connectivity index (χ2v) is 6.94. The number of carbonyl (C=O) groups is 1. The number of thiazole rings is 1. The Morgan fingerprint density at radius 3 is 3.00 bits per heavy atom. The number of methoxy groups -OCH3 is 1. The molecule has 2 aromatic rings. The van der Waals surface area contributed by atoms with E-state index < -0.39 is 0 Å². The van der Waals surface area contributed by atoms with Gasteiger partial charge in [-0.05, 0) is 24.6 Å². The van der Waals surface area contributed by atoms with Gasteiger partial charge in [0.15, 0.2) is 5.13 Å². The van der Waals surface area contributed by atoms with Crippen LogP contribution in [0.4, 0.5) is 5.13 Å². The molecule has 1 fully saturated rings. The van der Waals surface area contributed by atoms with Gasteiger partial charge in [-0.1, -0.05) is 31.1 Å². The fourth-order valence-corrected chi connectivity index (χ4v) is 3.70. The van der Waals surface area contributed by atoms with Crippen LogP contribution in [0, 0.1) is 5.92 Å². The highest BCUT2D eigenvalue weighted by Gasteiger charge is 2.34. The summed E-state index contributed by atoms with van der Waals surface area (Å²) in [5.74, 6) is 1.12. The van der Waals surface area contributed by atoms with Crippen molar-refractivity contribution in [3.8, 4) is 5.75 Å². The molecule has 1 N–H and O–H groups in total. The van der Waals surface area contributed by atoms with E-state index in [9.17, 15) is 4.79 Å². The fourth-order valence-electron chi connectivity index (χ4n) is 2.69. The lowest BCUT2D eigenvalue weighted by Crippen LogP contribution is -2.53. The number of nitrogens with one attached hydrogen (secondary N) is 1.